The van der Waals surface area contributed by atoms with E-state index in [2.05, 4.69) is 100 Å². The Balaban J connectivity index is 1.45. The molecule has 0 spiro atoms. The second kappa shape index (κ2) is 8.82. The van der Waals surface area contributed by atoms with Gasteiger partial charge in [-0.1, -0.05) is 54.6 Å². The van der Waals surface area contributed by atoms with E-state index in [9.17, 15) is 0 Å². The predicted molar refractivity (Wildman–Crippen MR) is 161 cm³/mol. The Morgan fingerprint density at radius 1 is 0.675 bits per heavy atom. The maximum absolute atomic E-state index is 5.91. The van der Waals surface area contributed by atoms with Crippen molar-refractivity contribution >= 4 is 32.8 Å². The van der Waals surface area contributed by atoms with Gasteiger partial charge in [0.05, 0.1) is 34.0 Å². The van der Waals surface area contributed by atoms with Crippen LogP contribution in [0.2, 0.25) is 0 Å². The average Bonchev–Trinajstić information content (AvgIpc) is 3.74. The molecule has 0 bridgehead atoms. The lowest BCUT2D eigenvalue weighted by molar-refractivity contribution is 0.583. The van der Waals surface area contributed by atoms with E-state index in [1.807, 2.05) is 42.6 Å². The van der Waals surface area contributed by atoms with Crippen LogP contribution < -0.4 is 0 Å². The lowest BCUT2D eigenvalue weighted by Gasteiger charge is -2.12. The first-order valence-corrected chi connectivity index (χ1v) is 13.3. The number of pyridine rings is 1. The lowest BCUT2D eigenvalue weighted by atomic mass is 10.1. The molecular formula is C35H24N4O. The van der Waals surface area contributed by atoms with E-state index < -0.39 is 0 Å². The number of benzene rings is 4. The number of aryl methyl sites for hydroxylation is 1. The largest absolute Gasteiger partial charge is 0.464 e. The minimum Gasteiger partial charge on any atom is -0.464 e. The topological polar surface area (TPSA) is 48.8 Å². The molecule has 4 aromatic heterocycles. The van der Waals surface area contributed by atoms with Crippen LogP contribution in [0.25, 0.3) is 72.5 Å². The summed E-state index contributed by atoms with van der Waals surface area (Å²) >= 11 is 0. The molecule has 8 rings (SSSR count). The zero-order chi connectivity index (χ0) is 26.6. The van der Waals surface area contributed by atoms with Crippen LogP contribution in [0.15, 0.2) is 132 Å². The number of furan rings is 1. The molecule has 8 aromatic rings. The molecule has 4 aromatic carbocycles. The number of fused-ring (bicyclic) bond motifs is 4. The molecule has 0 atom stereocenters. The van der Waals surface area contributed by atoms with Crippen LogP contribution in [0.3, 0.4) is 0 Å². The Labute approximate surface area is 230 Å². The number of para-hydroxylation sites is 3. The highest BCUT2D eigenvalue weighted by atomic mass is 16.3. The lowest BCUT2D eigenvalue weighted by Crippen LogP contribution is -1.97. The molecule has 0 radical (unpaired) electrons. The monoisotopic (exact) mass is 516 g/mol. The summed E-state index contributed by atoms with van der Waals surface area (Å²) in [6, 6.07) is 39.9. The molecule has 0 fully saturated rings. The molecule has 0 aliphatic carbocycles. The van der Waals surface area contributed by atoms with Gasteiger partial charge in [-0.3, -0.25) is 4.98 Å². The van der Waals surface area contributed by atoms with E-state index in [-0.39, 0.29) is 0 Å². The van der Waals surface area contributed by atoms with Crippen LogP contribution in [0.1, 0.15) is 0 Å². The molecular weight excluding hydrogens is 492 g/mol. The molecule has 0 saturated carbocycles. The van der Waals surface area contributed by atoms with Crippen LogP contribution in [0, 0.1) is 0 Å². The Morgan fingerprint density at radius 3 is 2.42 bits per heavy atom. The molecule has 0 amide bonds. The van der Waals surface area contributed by atoms with Gasteiger partial charge in [0.15, 0.2) is 0 Å². The third kappa shape index (κ3) is 3.41. The van der Waals surface area contributed by atoms with Crippen molar-refractivity contribution in [3.8, 4) is 39.7 Å². The fourth-order valence-electron chi connectivity index (χ4n) is 5.85. The minimum absolute atomic E-state index is 0.839. The van der Waals surface area contributed by atoms with Gasteiger partial charge in [0, 0.05) is 46.4 Å². The van der Waals surface area contributed by atoms with Crippen LogP contribution in [-0.2, 0) is 7.05 Å². The molecule has 0 unspecified atom stereocenters. The molecule has 5 heteroatoms. The predicted octanol–water partition coefficient (Wildman–Crippen LogP) is 8.66. The zero-order valence-corrected chi connectivity index (χ0v) is 21.8. The van der Waals surface area contributed by atoms with Gasteiger partial charge in [0.1, 0.15) is 11.6 Å². The highest BCUT2D eigenvalue weighted by Crippen LogP contribution is 2.40. The standard InChI is InChI=1S/C35H24N4O/c1-38-31-15-3-2-14-30(31)37-35(38)24-17-18-26-27-11-7-12-28(33-16-8-20-40-33)34(27)39(32(26)22-24)25-10-6-9-23(21-25)29-13-4-5-19-36-29/h2-22H,1H3. The Bertz CT molecular complexity index is 2170. The molecule has 0 saturated heterocycles. The Kier molecular flexibility index (Phi) is 4.97. The van der Waals surface area contributed by atoms with Gasteiger partial charge in [0.2, 0.25) is 0 Å². The second-order valence-corrected chi connectivity index (χ2v) is 9.99. The molecule has 40 heavy (non-hydrogen) atoms. The fourth-order valence-corrected chi connectivity index (χ4v) is 5.85. The van der Waals surface area contributed by atoms with Gasteiger partial charge in [-0.25, -0.2) is 4.98 Å². The molecule has 4 heterocycles. The van der Waals surface area contributed by atoms with Crippen LogP contribution in [0.4, 0.5) is 0 Å². The van der Waals surface area contributed by atoms with E-state index in [0.717, 1.165) is 61.7 Å². The summed E-state index contributed by atoms with van der Waals surface area (Å²) in [7, 11) is 2.08. The van der Waals surface area contributed by atoms with Gasteiger partial charge < -0.3 is 13.6 Å². The average molecular weight is 517 g/mol. The van der Waals surface area contributed by atoms with Gasteiger partial charge in [-0.15, -0.1) is 0 Å². The smallest absolute Gasteiger partial charge is 0.140 e. The van der Waals surface area contributed by atoms with E-state index >= 15 is 0 Å². The summed E-state index contributed by atoms with van der Waals surface area (Å²) in [6.45, 7) is 0. The van der Waals surface area contributed by atoms with Crippen molar-refractivity contribution in [2.75, 3.05) is 0 Å². The van der Waals surface area contributed by atoms with E-state index in [0.29, 0.717) is 0 Å². The maximum Gasteiger partial charge on any atom is 0.140 e. The van der Waals surface area contributed by atoms with Gasteiger partial charge in [-0.2, -0.15) is 0 Å². The van der Waals surface area contributed by atoms with Crippen molar-refractivity contribution in [1.82, 2.24) is 19.1 Å². The van der Waals surface area contributed by atoms with Crippen LogP contribution in [0.5, 0.6) is 0 Å². The van der Waals surface area contributed by atoms with E-state index in [1.54, 1.807) is 6.26 Å². The summed E-state index contributed by atoms with van der Waals surface area (Å²) in [5, 5.41) is 2.35. The number of imidazole rings is 1. The quantitative estimate of drug-likeness (QED) is 0.235. The molecule has 0 aliphatic heterocycles. The third-order valence-corrected chi connectivity index (χ3v) is 7.69. The van der Waals surface area contributed by atoms with E-state index in [4.69, 9.17) is 9.40 Å². The fraction of sp³-hybridized carbons (Fsp3) is 0.0286. The number of hydrogen-bond acceptors (Lipinski definition) is 3. The maximum atomic E-state index is 5.91. The Hall–Kier alpha value is -5.42. The third-order valence-electron chi connectivity index (χ3n) is 7.69. The summed E-state index contributed by atoms with van der Waals surface area (Å²) in [5.74, 6) is 1.78. The number of nitrogens with zero attached hydrogens (tertiary/aromatic N) is 4. The molecule has 5 nitrogen and oxygen atoms in total. The van der Waals surface area contributed by atoms with Crippen molar-refractivity contribution in [3.63, 3.8) is 0 Å². The Morgan fingerprint density at radius 2 is 1.57 bits per heavy atom. The zero-order valence-electron chi connectivity index (χ0n) is 21.8. The summed E-state index contributed by atoms with van der Waals surface area (Å²) < 4.78 is 10.4. The first-order chi connectivity index (χ1) is 19.8. The van der Waals surface area contributed by atoms with E-state index in [1.165, 1.54) is 10.8 Å². The minimum atomic E-state index is 0.839. The van der Waals surface area contributed by atoms with Crippen molar-refractivity contribution in [1.29, 1.82) is 0 Å². The molecule has 0 aliphatic rings. The summed E-state index contributed by atoms with van der Waals surface area (Å²) in [5.41, 5.74) is 9.49. The number of aromatic nitrogens is 4. The highest BCUT2D eigenvalue weighted by Gasteiger charge is 2.20. The molecule has 0 N–H and O–H groups in total. The van der Waals surface area contributed by atoms with Crippen LogP contribution in [-0.4, -0.2) is 19.1 Å². The SMILES string of the molecule is Cn1c(-c2ccc3c4cccc(-c5ccco5)c4n(-c4cccc(-c5ccccn5)c4)c3c2)nc2ccccc21. The number of hydrogen-bond donors (Lipinski definition) is 0. The van der Waals surface area contributed by atoms with Gasteiger partial charge >= 0.3 is 0 Å². The van der Waals surface area contributed by atoms with Crippen molar-refractivity contribution in [3.05, 3.63) is 128 Å². The first-order valence-electron chi connectivity index (χ1n) is 13.3. The summed E-state index contributed by atoms with van der Waals surface area (Å²) in [6.07, 6.45) is 3.56. The summed E-state index contributed by atoms with van der Waals surface area (Å²) in [4.78, 5) is 9.59. The first kappa shape index (κ1) is 22.6. The number of rotatable bonds is 4. The van der Waals surface area contributed by atoms with Gasteiger partial charge in [0.25, 0.3) is 0 Å². The van der Waals surface area contributed by atoms with Crippen LogP contribution >= 0.6 is 0 Å². The van der Waals surface area contributed by atoms with Gasteiger partial charge in [-0.05, 0) is 60.7 Å². The molecule has 190 valence electrons. The second-order valence-electron chi connectivity index (χ2n) is 9.99. The van der Waals surface area contributed by atoms with Crippen molar-refractivity contribution in [2.24, 2.45) is 7.05 Å². The normalized spacial score (nSPS) is 11.6. The van der Waals surface area contributed by atoms with Crippen molar-refractivity contribution in [2.45, 2.75) is 0 Å². The van der Waals surface area contributed by atoms with Crippen molar-refractivity contribution < 1.29 is 4.42 Å². The highest BCUT2D eigenvalue weighted by molar-refractivity contribution is 6.14.